The summed E-state index contributed by atoms with van der Waals surface area (Å²) in [5.41, 5.74) is 0.856. The molecule has 0 bridgehead atoms. The van der Waals surface area contributed by atoms with Gasteiger partial charge in [-0.25, -0.2) is 36.8 Å². The topological polar surface area (TPSA) is 202 Å². The van der Waals surface area contributed by atoms with Crippen LogP contribution in [0.4, 0.5) is 23.0 Å². The average Bonchev–Trinajstić information content (AvgIpc) is 2.95. The molecule has 0 saturated heterocycles. The lowest BCUT2D eigenvalue weighted by Gasteiger charge is -2.10. The molecule has 0 saturated carbocycles. The predicted molar refractivity (Wildman–Crippen MR) is 164 cm³/mol. The molecule has 0 aliphatic rings. The maximum Gasteiger partial charge on any atom is 0.263 e. The number of hydrogen-bond acceptors (Lipinski definition) is 10. The number of amides is 2. The Bertz CT molecular complexity index is 1710. The summed E-state index contributed by atoms with van der Waals surface area (Å²) >= 11 is 0. The molecule has 2 heterocycles. The maximum atomic E-state index is 12.6. The average molecular weight is 639 g/mol. The van der Waals surface area contributed by atoms with Crippen LogP contribution in [0.15, 0.2) is 82.8 Å². The number of carbonyl (C=O) groups is 2. The minimum Gasteiger partial charge on any atom is -0.326 e. The number of aryl methyl sites for hydroxylation is 2. The first-order valence-electron chi connectivity index (χ1n) is 13.3. The van der Waals surface area contributed by atoms with Gasteiger partial charge < -0.3 is 10.6 Å². The van der Waals surface area contributed by atoms with E-state index >= 15 is 0 Å². The summed E-state index contributed by atoms with van der Waals surface area (Å²) in [7, 11) is -7.74. The van der Waals surface area contributed by atoms with Gasteiger partial charge in [0.25, 0.3) is 20.0 Å². The lowest BCUT2D eigenvalue weighted by molar-refractivity contribution is -0.118. The number of carbonyl (C=O) groups excluding carboxylic acids is 2. The van der Waals surface area contributed by atoms with Crippen LogP contribution in [0.3, 0.4) is 0 Å². The third kappa shape index (κ3) is 9.27. The molecule has 0 unspecified atom stereocenters. The molecule has 0 spiro atoms. The molecule has 2 amide bonds. The van der Waals surface area contributed by atoms with Gasteiger partial charge in [-0.15, -0.1) is 0 Å². The summed E-state index contributed by atoms with van der Waals surface area (Å²) < 4.78 is 55.1. The first kappa shape index (κ1) is 32.0. The molecule has 0 fully saturated rings. The van der Waals surface area contributed by atoms with Crippen molar-refractivity contribution < 1.29 is 26.4 Å². The number of nitrogens with one attached hydrogen (secondary N) is 4. The summed E-state index contributed by atoms with van der Waals surface area (Å²) in [6.07, 6.45) is 4.10. The van der Waals surface area contributed by atoms with Crippen LogP contribution < -0.4 is 20.1 Å². The molecule has 14 nitrogen and oxygen atoms in total. The van der Waals surface area contributed by atoms with Crippen LogP contribution in [0, 0.1) is 13.8 Å². The van der Waals surface area contributed by atoms with E-state index in [2.05, 4.69) is 40.0 Å². The van der Waals surface area contributed by atoms with E-state index in [1.54, 1.807) is 13.8 Å². The summed E-state index contributed by atoms with van der Waals surface area (Å²) in [6.45, 7) is 3.29. The molecule has 44 heavy (non-hydrogen) atoms. The van der Waals surface area contributed by atoms with Crippen molar-refractivity contribution in [2.75, 3.05) is 20.1 Å². The number of aromatic nitrogens is 4. The number of sulfonamides is 2. The summed E-state index contributed by atoms with van der Waals surface area (Å²) in [4.78, 5) is 40.6. The van der Waals surface area contributed by atoms with Crippen molar-refractivity contribution in [3.8, 4) is 0 Å². The van der Waals surface area contributed by atoms with E-state index in [1.807, 2.05) is 0 Å². The smallest absolute Gasteiger partial charge is 0.263 e. The van der Waals surface area contributed by atoms with Crippen molar-refractivity contribution in [1.29, 1.82) is 0 Å². The molecule has 16 heteroatoms. The molecule has 230 valence electrons. The van der Waals surface area contributed by atoms with Crippen molar-refractivity contribution in [3.05, 3.63) is 84.7 Å². The Labute approximate surface area is 254 Å². The molecule has 0 aliphatic heterocycles. The lowest BCUT2D eigenvalue weighted by atomic mass is 10.1. The number of rotatable bonds is 13. The van der Waals surface area contributed by atoms with Crippen LogP contribution in [-0.2, 0) is 29.6 Å². The highest BCUT2D eigenvalue weighted by Crippen LogP contribution is 2.19. The van der Waals surface area contributed by atoms with Crippen LogP contribution >= 0.6 is 0 Å². The second-order valence-corrected chi connectivity index (χ2v) is 12.9. The van der Waals surface area contributed by atoms with Gasteiger partial charge in [-0.2, -0.15) is 0 Å². The molecule has 0 radical (unpaired) electrons. The van der Waals surface area contributed by atoms with Crippen molar-refractivity contribution in [1.82, 2.24) is 19.9 Å². The fourth-order valence-electron chi connectivity index (χ4n) is 3.87. The van der Waals surface area contributed by atoms with E-state index in [9.17, 15) is 26.4 Å². The van der Waals surface area contributed by atoms with Crippen LogP contribution in [0.25, 0.3) is 0 Å². The van der Waals surface area contributed by atoms with E-state index < -0.39 is 20.0 Å². The standard InChI is InChI=1S/C28H30N8O6S2/c1-19-29-17-15-25(31-19)35-43(39,40)23-11-7-21(8-12-23)33-27(37)5-3-4-6-28(38)34-22-9-13-24(14-10-22)44(41,42)36-26-16-18-30-20(2)32-26/h7-18H,3-6H2,1-2H3,(H,33,37)(H,34,38)(H,29,31,35)(H,30,32,36). The summed E-state index contributed by atoms with van der Waals surface area (Å²) in [5, 5.41) is 5.41. The van der Waals surface area contributed by atoms with E-state index in [-0.39, 0.29) is 46.1 Å². The first-order valence-corrected chi connectivity index (χ1v) is 16.3. The van der Waals surface area contributed by atoms with E-state index in [0.717, 1.165) is 0 Å². The largest absolute Gasteiger partial charge is 0.326 e. The number of nitrogens with zero attached hydrogens (tertiary/aromatic N) is 4. The normalized spacial score (nSPS) is 11.4. The number of benzene rings is 2. The minimum atomic E-state index is -3.87. The first-order chi connectivity index (χ1) is 20.9. The summed E-state index contributed by atoms with van der Waals surface area (Å²) in [5.74, 6) is 0.586. The fraction of sp³-hybridized carbons (Fsp3) is 0.214. The molecule has 4 rings (SSSR count). The zero-order valence-corrected chi connectivity index (χ0v) is 25.4. The van der Waals surface area contributed by atoms with Gasteiger partial charge in [-0.3, -0.25) is 19.0 Å². The minimum absolute atomic E-state index is 0.00281. The Morgan fingerprint density at radius 3 is 1.30 bits per heavy atom. The van der Waals surface area contributed by atoms with Gasteiger partial charge in [0.05, 0.1) is 9.79 Å². The molecule has 0 aliphatic carbocycles. The predicted octanol–water partition coefficient (Wildman–Crippen LogP) is 3.62. The third-order valence-corrected chi connectivity index (χ3v) is 8.73. The van der Waals surface area contributed by atoms with Gasteiger partial charge in [0.2, 0.25) is 11.8 Å². The third-order valence-electron chi connectivity index (χ3n) is 5.98. The monoisotopic (exact) mass is 638 g/mol. The number of hydrogen-bond donors (Lipinski definition) is 4. The van der Waals surface area contributed by atoms with Gasteiger partial charge in [-0.05, 0) is 87.4 Å². The second kappa shape index (κ2) is 14.0. The van der Waals surface area contributed by atoms with Crippen molar-refractivity contribution in [2.24, 2.45) is 0 Å². The van der Waals surface area contributed by atoms with Gasteiger partial charge in [0, 0.05) is 36.6 Å². The number of anilines is 4. The van der Waals surface area contributed by atoms with Crippen molar-refractivity contribution in [3.63, 3.8) is 0 Å². The van der Waals surface area contributed by atoms with Gasteiger partial charge in [0.15, 0.2) is 0 Å². The van der Waals surface area contributed by atoms with E-state index in [0.29, 0.717) is 35.9 Å². The van der Waals surface area contributed by atoms with Gasteiger partial charge in [-0.1, -0.05) is 0 Å². The van der Waals surface area contributed by atoms with Crippen LogP contribution in [0.2, 0.25) is 0 Å². The Hall–Kier alpha value is -4.96. The molecule has 4 N–H and O–H groups in total. The molecular weight excluding hydrogens is 608 g/mol. The molecule has 2 aromatic carbocycles. The molecular formula is C28H30N8O6S2. The number of unbranched alkanes of at least 4 members (excludes halogenated alkanes) is 1. The second-order valence-electron chi connectivity index (χ2n) is 9.54. The molecule has 2 aromatic heterocycles. The highest BCUT2D eigenvalue weighted by molar-refractivity contribution is 7.93. The van der Waals surface area contributed by atoms with Gasteiger partial charge >= 0.3 is 0 Å². The lowest BCUT2D eigenvalue weighted by Crippen LogP contribution is -2.15. The fourth-order valence-corrected chi connectivity index (χ4v) is 5.87. The van der Waals surface area contributed by atoms with Crippen LogP contribution in [0.5, 0.6) is 0 Å². The Balaban J connectivity index is 1.18. The Morgan fingerprint density at radius 2 is 0.955 bits per heavy atom. The Kier molecular flexibility index (Phi) is 10.2. The summed E-state index contributed by atoms with van der Waals surface area (Å²) in [6, 6.07) is 14.3. The van der Waals surface area contributed by atoms with Crippen LogP contribution in [0.1, 0.15) is 37.3 Å². The highest BCUT2D eigenvalue weighted by Gasteiger charge is 2.17. The highest BCUT2D eigenvalue weighted by atomic mass is 32.2. The van der Waals surface area contributed by atoms with Crippen molar-refractivity contribution in [2.45, 2.75) is 49.3 Å². The van der Waals surface area contributed by atoms with Gasteiger partial charge in [0.1, 0.15) is 23.3 Å². The zero-order chi connectivity index (χ0) is 31.7. The molecule has 0 atom stereocenters. The SMILES string of the molecule is Cc1nccc(NS(=O)(=O)c2ccc(NC(=O)CCCCC(=O)Nc3ccc(S(=O)(=O)Nc4ccnc(C)n4)cc3)cc2)n1. The zero-order valence-electron chi connectivity index (χ0n) is 23.8. The molecule has 4 aromatic rings. The Morgan fingerprint density at radius 1 is 0.591 bits per heavy atom. The maximum absolute atomic E-state index is 12.6. The quantitative estimate of drug-likeness (QED) is 0.157. The van der Waals surface area contributed by atoms with Crippen molar-refractivity contribution >= 4 is 54.9 Å². The van der Waals surface area contributed by atoms with E-state index in [4.69, 9.17) is 0 Å². The van der Waals surface area contributed by atoms with Crippen LogP contribution in [-0.4, -0.2) is 48.6 Å². The van der Waals surface area contributed by atoms with E-state index in [1.165, 1.54) is 73.1 Å².